The number of fused-ring (bicyclic) bond motifs is 1. The molecule has 31 heavy (non-hydrogen) atoms. The third-order valence-electron chi connectivity index (χ3n) is 5.62. The lowest BCUT2D eigenvalue weighted by Crippen LogP contribution is -2.24. The van der Waals surface area contributed by atoms with Crippen LogP contribution in [0.1, 0.15) is 48.5 Å². The Morgan fingerprint density at radius 1 is 1.03 bits per heavy atom. The lowest BCUT2D eigenvalue weighted by atomic mass is 10.0. The first kappa shape index (κ1) is 21.3. The van der Waals surface area contributed by atoms with Gasteiger partial charge < -0.3 is 4.74 Å². The van der Waals surface area contributed by atoms with Crippen molar-refractivity contribution in [2.45, 2.75) is 47.1 Å². The van der Waals surface area contributed by atoms with E-state index in [4.69, 9.17) is 9.72 Å². The summed E-state index contributed by atoms with van der Waals surface area (Å²) < 4.78 is 7.36. The summed E-state index contributed by atoms with van der Waals surface area (Å²) in [7, 11) is 0. The first-order chi connectivity index (χ1) is 14.9. The highest BCUT2D eigenvalue weighted by molar-refractivity contribution is 7.19. The van der Waals surface area contributed by atoms with Crippen LogP contribution in [0.25, 0.3) is 21.3 Å². The predicted molar refractivity (Wildman–Crippen MR) is 130 cm³/mol. The molecule has 0 aliphatic heterocycles. The third kappa shape index (κ3) is 4.15. The maximum atomic E-state index is 13.6. The Kier molecular flexibility index (Phi) is 5.96. The number of aryl methyl sites for hydroxylation is 2. The predicted octanol–water partition coefficient (Wildman–Crippen LogP) is 6.31. The van der Waals surface area contributed by atoms with Crippen LogP contribution in [0, 0.1) is 13.8 Å². The monoisotopic (exact) mass is 432 g/mol. The van der Waals surface area contributed by atoms with Crippen LogP contribution in [0.3, 0.4) is 0 Å². The van der Waals surface area contributed by atoms with Crippen LogP contribution in [-0.4, -0.2) is 16.2 Å². The Labute approximate surface area is 187 Å². The minimum atomic E-state index is 0.0173. The fraction of sp³-hybridized carbons (Fsp3) is 0.308. The second-order valence-corrected chi connectivity index (χ2v) is 9.32. The molecule has 0 saturated heterocycles. The summed E-state index contributed by atoms with van der Waals surface area (Å²) in [5, 5.41) is 0.705. The molecule has 2 aromatic carbocycles. The number of aromatic nitrogens is 2. The first-order valence-electron chi connectivity index (χ1n) is 10.7. The molecule has 0 atom stereocenters. The molecule has 4 nitrogen and oxygen atoms in total. The molecule has 0 saturated carbocycles. The van der Waals surface area contributed by atoms with Gasteiger partial charge in [0.15, 0.2) is 0 Å². The zero-order chi connectivity index (χ0) is 22.1. The summed E-state index contributed by atoms with van der Waals surface area (Å²) in [6.45, 7) is 11.5. The van der Waals surface area contributed by atoms with Crippen molar-refractivity contribution in [2.24, 2.45) is 0 Å². The van der Waals surface area contributed by atoms with Crippen molar-refractivity contribution in [3.05, 3.63) is 80.7 Å². The van der Waals surface area contributed by atoms with Crippen molar-refractivity contribution in [3.8, 4) is 16.9 Å². The molecular weight excluding hydrogens is 404 g/mol. The molecule has 4 rings (SSSR count). The lowest BCUT2D eigenvalue weighted by Gasteiger charge is -2.12. The first-order valence-corrected chi connectivity index (χ1v) is 11.5. The van der Waals surface area contributed by atoms with Crippen molar-refractivity contribution in [3.63, 3.8) is 0 Å². The van der Waals surface area contributed by atoms with Crippen molar-refractivity contribution in [1.29, 1.82) is 0 Å². The van der Waals surface area contributed by atoms with Gasteiger partial charge in [-0.15, -0.1) is 11.3 Å². The molecule has 5 heteroatoms. The van der Waals surface area contributed by atoms with E-state index in [1.807, 2.05) is 38.1 Å². The lowest BCUT2D eigenvalue weighted by molar-refractivity contribution is 0.340. The molecule has 2 aromatic heterocycles. The molecule has 4 aromatic rings. The highest BCUT2D eigenvalue weighted by Gasteiger charge is 2.19. The molecule has 0 spiro atoms. The highest BCUT2D eigenvalue weighted by Crippen LogP contribution is 2.36. The fourth-order valence-corrected chi connectivity index (χ4v) is 4.99. The summed E-state index contributed by atoms with van der Waals surface area (Å²) in [5.74, 6) is 2.06. The third-order valence-corrected chi connectivity index (χ3v) is 6.62. The molecule has 0 bridgehead atoms. The second-order valence-electron chi connectivity index (χ2n) is 8.12. The highest BCUT2D eigenvalue weighted by atomic mass is 32.1. The molecule has 0 unspecified atom stereocenters. The summed E-state index contributed by atoms with van der Waals surface area (Å²) in [4.78, 5) is 20.3. The molecule has 0 N–H and O–H groups in total. The Morgan fingerprint density at radius 3 is 2.32 bits per heavy atom. The van der Waals surface area contributed by atoms with E-state index in [9.17, 15) is 4.79 Å². The van der Waals surface area contributed by atoms with E-state index in [0.717, 1.165) is 38.0 Å². The van der Waals surface area contributed by atoms with Gasteiger partial charge in [0, 0.05) is 10.4 Å². The fourth-order valence-electron chi connectivity index (χ4n) is 3.91. The molecular formula is C26H28N2O2S. The van der Waals surface area contributed by atoms with E-state index in [0.29, 0.717) is 24.5 Å². The molecule has 0 fully saturated rings. The maximum absolute atomic E-state index is 13.6. The number of nitrogens with zero attached hydrogens (tertiary/aromatic N) is 2. The Hall–Kier alpha value is -2.92. The van der Waals surface area contributed by atoms with E-state index in [1.54, 1.807) is 15.9 Å². The average Bonchev–Trinajstić information content (AvgIpc) is 3.08. The SMILES string of the molecule is CCOc1ccc(-c2c(C)sc3nc(C)n(Cc4ccc(C(C)C)cc4)c(=O)c23)cc1. The standard InChI is InChI=1S/C26H28N2O2S/c1-6-30-22-13-11-21(12-14-22)23-17(4)31-25-24(23)26(29)28(18(5)27-25)15-19-7-9-20(10-8-19)16(2)3/h7-14,16H,6,15H2,1-5H3. The van der Waals surface area contributed by atoms with E-state index < -0.39 is 0 Å². The summed E-state index contributed by atoms with van der Waals surface area (Å²) in [5.41, 5.74) is 4.41. The van der Waals surface area contributed by atoms with Crippen LogP contribution in [-0.2, 0) is 6.54 Å². The maximum Gasteiger partial charge on any atom is 0.263 e. The quantitative estimate of drug-likeness (QED) is 0.358. The number of hydrogen-bond acceptors (Lipinski definition) is 4. The zero-order valence-corrected chi connectivity index (χ0v) is 19.5. The van der Waals surface area contributed by atoms with Crippen LogP contribution < -0.4 is 10.3 Å². The van der Waals surface area contributed by atoms with Gasteiger partial charge in [-0.3, -0.25) is 9.36 Å². The molecule has 0 aliphatic carbocycles. The van der Waals surface area contributed by atoms with Gasteiger partial charge in [-0.1, -0.05) is 50.2 Å². The van der Waals surface area contributed by atoms with Crippen LogP contribution in [0.15, 0.2) is 53.3 Å². The van der Waals surface area contributed by atoms with Crippen molar-refractivity contribution >= 4 is 21.6 Å². The van der Waals surface area contributed by atoms with E-state index >= 15 is 0 Å². The van der Waals surface area contributed by atoms with Gasteiger partial charge in [-0.25, -0.2) is 4.98 Å². The number of thiophene rings is 1. The van der Waals surface area contributed by atoms with Crippen LogP contribution in [0.5, 0.6) is 5.75 Å². The molecule has 0 aliphatic rings. The van der Waals surface area contributed by atoms with E-state index in [2.05, 4.69) is 45.0 Å². The molecule has 160 valence electrons. The number of rotatable bonds is 6. The topological polar surface area (TPSA) is 44.1 Å². The summed E-state index contributed by atoms with van der Waals surface area (Å²) in [6.07, 6.45) is 0. The molecule has 0 amide bonds. The molecule has 0 radical (unpaired) electrons. The van der Waals surface area contributed by atoms with E-state index in [-0.39, 0.29) is 5.56 Å². The van der Waals surface area contributed by atoms with Crippen LogP contribution in [0.2, 0.25) is 0 Å². The van der Waals surface area contributed by atoms with Gasteiger partial charge in [-0.05, 0) is 55.5 Å². The van der Waals surface area contributed by atoms with Gasteiger partial charge in [0.05, 0.1) is 18.5 Å². The van der Waals surface area contributed by atoms with Crippen LogP contribution in [0.4, 0.5) is 0 Å². The van der Waals surface area contributed by atoms with E-state index in [1.165, 1.54) is 5.56 Å². The Bertz CT molecular complexity index is 1270. The number of benzene rings is 2. The average molecular weight is 433 g/mol. The zero-order valence-electron chi connectivity index (χ0n) is 18.7. The number of hydrogen-bond donors (Lipinski definition) is 0. The van der Waals surface area contributed by atoms with Gasteiger partial charge in [0.25, 0.3) is 5.56 Å². The summed E-state index contributed by atoms with van der Waals surface area (Å²) >= 11 is 1.58. The van der Waals surface area contributed by atoms with Crippen molar-refractivity contribution in [1.82, 2.24) is 9.55 Å². The summed E-state index contributed by atoms with van der Waals surface area (Å²) in [6, 6.07) is 16.5. The molecule has 2 heterocycles. The minimum absolute atomic E-state index is 0.0173. The van der Waals surface area contributed by atoms with Gasteiger partial charge >= 0.3 is 0 Å². The smallest absolute Gasteiger partial charge is 0.263 e. The normalized spacial score (nSPS) is 11.4. The van der Waals surface area contributed by atoms with Gasteiger partial charge in [0.2, 0.25) is 0 Å². The Morgan fingerprint density at radius 2 is 1.71 bits per heavy atom. The minimum Gasteiger partial charge on any atom is -0.494 e. The van der Waals surface area contributed by atoms with Crippen LogP contribution >= 0.6 is 11.3 Å². The Balaban J connectivity index is 1.79. The largest absolute Gasteiger partial charge is 0.494 e. The second kappa shape index (κ2) is 8.67. The van der Waals surface area contributed by atoms with Gasteiger partial charge in [0.1, 0.15) is 16.4 Å². The van der Waals surface area contributed by atoms with Gasteiger partial charge in [-0.2, -0.15) is 0 Å². The van der Waals surface area contributed by atoms with Crippen molar-refractivity contribution in [2.75, 3.05) is 6.61 Å². The number of ether oxygens (including phenoxy) is 1. The van der Waals surface area contributed by atoms with Crippen molar-refractivity contribution < 1.29 is 4.74 Å².